The number of carbonyl (C=O) groups is 2. The predicted molar refractivity (Wildman–Crippen MR) is 120 cm³/mol. The number of aryl methyl sites for hydroxylation is 1. The maximum atomic E-state index is 14.3. The molecule has 170 valence electrons. The summed E-state index contributed by atoms with van der Waals surface area (Å²) in [5.41, 5.74) is 0.246. The molecule has 3 aromatic rings. The molecule has 2 aliphatic heterocycles. The van der Waals surface area contributed by atoms with Gasteiger partial charge in [0.15, 0.2) is 11.6 Å². The van der Waals surface area contributed by atoms with E-state index in [1.165, 1.54) is 24.0 Å². The largest absolute Gasteiger partial charge is 0.441 e. The van der Waals surface area contributed by atoms with Crippen molar-refractivity contribution in [2.45, 2.75) is 31.9 Å². The molecule has 3 aromatic carbocycles. The van der Waals surface area contributed by atoms with E-state index in [0.717, 1.165) is 16.3 Å². The highest BCUT2D eigenvalue weighted by Crippen LogP contribution is 2.35. The number of benzene rings is 3. The van der Waals surface area contributed by atoms with Crippen LogP contribution in [0.3, 0.4) is 0 Å². The Labute approximate surface area is 190 Å². The van der Waals surface area contributed by atoms with Crippen LogP contribution in [0.4, 0.5) is 13.6 Å². The van der Waals surface area contributed by atoms with Gasteiger partial charge in [0.1, 0.15) is 5.60 Å². The number of hydrogen-bond acceptors (Lipinski definition) is 3. The standard InChI is InChI=1S/C26H24F2N2O3/c1-17-6-9-21(23(28)22(17)27)24(31)29-12-10-26(11-13-29)16-30(25(32)33-26)15-18-7-8-19-4-2-3-5-20(19)14-18/h2-9,14H,10-13,15-16H2,1H3. The van der Waals surface area contributed by atoms with Gasteiger partial charge in [-0.3, -0.25) is 9.69 Å². The molecule has 0 unspecified atom stereocenters. The Hall–Kier alpha value is -3.48. The van der Waals surface area contributed by atoms with E-state index in [1.54, 1.807) is 4.90 Å². The van der Waals surface area contributed by atoms with Gasteiger partial charge in [0.25, 0.3) is 5.91 Å². The number of fused-ring (bicyclic) bond motifs is 1. The van der Waals surface area contributed by atoms with Crippen LogP contribution in [0.15, 0.2) is 54.6 Å². The van der Waals surface area contributed by atoms with E-state index in [4.69, 9.17) is 4.74 Å². The quantitative estimate of drug-likeness (QED) is 0.561. The zero-order chi connectivity index (χ0) is 23.2. The Balaban J connectivity index is 1.25. The first kappa shape index (κ1) is 21.4. The van der Waals surface area contributed by atoms with E-state index in [0.29, 0.717) is 39.0 Å². The van der Waals surface area contributed by atoms with E-state index in [1.807, 2.05) is 36.4 Å². The normalized spacial score (nSPS) is 17.6. The summed E-state index contributed by atoms with van der Waals surface area (Å²) in [6, 6.07) is 16.9. The number of ether oxygens (including phenoxy) is 1. The van der Waals surface area contributed by atoms with E-state index < -0.39 is 23.1 Å². The molecule has 0 radical (unpaired) electrons. The maximum Gasteiger partial charge on any atom is 0.410 e. The third-order valence-corrected chi connectivity index (χ3v) is 6.70. The minimum Gasteiger partial charge on any atom is -0.441 e. The highest BCUT2D eigenvalue weighted by molar-refractivity contribution is 5.94. The van der Waals surface area contributed by atoms with Crippen LogP contribution in [0.2, 0.25) is 0 Å². The molecular weight excluding hydrogens is 426 g/mol. The van der Waals surface area contributed by atoms with Crippen molar-refractivity contribution in [3.63, 3.8) is 0 Å². The second-order valence-corrected chi connectivity index (χ2v) is 8.94. The first-order chi connectivity index (χ1) is 15.8. The molecule has 2 aliphatic rings. The number of amides is 2. The number of nitrogens with zero attached hydrogens (tertiary/aromatic N) is 2. The van der Waals surface area contributed by atoms with E-state index in [2.05, 4.69) is 6.07 Å². The van der Waals surface area contributed by atoms with Crippen LogP contribution in [0, 0.1) is 18.6 Å². The second-order valence-electron chi connectivity index (χ2n) is 8.94. The lowest BCUT2D eigenvalue weighted by Crippen LogP contribution is -2.48. The van der Waals surface area contributed by atoms with Gasteiger partial charge < -0.3 is 9.64 Å². The number of rotatable bonds is 3. The van der Waals surface area contributed by atoms with Gasteiger partial charge >= 0.3 is 6.09 Å². The van der Waals surface area contributed by atoms with Crippen molar-refractivity contribution in [1.29, 1.82) is 0 Å². The third kappa shape index (κ3) is 3.92. The molecule has 1 spiro atoms. The summed E-state index contributed by atoms with van der Waals surface area (Å²) in [5, 5.41) is 2.26. The molecule has 5 rings (SSSR count). The molecule has 2 heterocycles. The van der Waals surface area contributed by atoms with Crippen LogP contribution < -0.4 is 0 Å². The average molecular weight is 450 g/mol. The van der Waals surface area contributed by atoms with Crippen LogP contribution in [0.1, 0.15) is 34.3 Å². The Morgan fingerprint density at radius 3 is 2.48 bits per heavy atom. The molecule has 2 amide bonds. The van der Waals surface area contributed by atoms with Crippen LogP contribution in [0.25, 0.3) is 10.8 Å². The van der Waals surface area contributed by atoms with Gasteiger partial charge in [-0.1, -0.05) is 42.5 Å². The third-order valence-electron chi connectivity index (χ3n) is 6.70. The van der Waals surface area contributed by atoms with Gasteiger partial charge in [-0.25, -0.2) is 13.6 Å². The Bertz CT molecular complexity index is 1250. The van der Waals surface area contributed by atoms with Crippen molar-refractivity contribution < 1.29 is 23.1 Å². The minimum atomic E-state index is -1.12. The molecule has 0 bridgehead atoms. The smallest absolute Gasteiger partial charge is 0.410 e. The van der Waals surface area contributed by atoms with E-state index >= 15 is 0 Å². The molecule has 2 fully saturated rings. The van der Waals surface area contributed by atoms with Crippen molar-refractivity contribution in [3.05, 3.63) is 82.9 Å². The molecular formula is C26H24F2N2O3. The van der Waals surface area contributed by atoms with Crippen molar-refractivity contribution >= 4 is 22.8 Å². The summed E-state index contributed by atoms with van der Waals surface area (Å²) in [7, 11) is 0. The van der Waals surface area contributed by atoms with Crippen molar-refractivity contribution in [3.8, 4) is 0 Å². The monoisotopic (exact) mass is 450 g/mol. The number of likely N-dealkylation sites (tertiary alicyclic amines) is 1. The lowest BCUT2D eigenvalue weighted by atomic mass is 9.90. The van der Waals surface area contributed by atoms with Gasteiger partial charge in [0, 0.05) is 32.5 Å². The van der Waals surface area contributed by atoms with Crippen molar-refractivity contribution in [1.82, 2.24) is 9.80 Å². The highest BCUT2D eigenvalue weighted by Gasteiger charge is 2.47. The molecule has 0 aromatic heterocycles. The molecule has 5 nitrogen and oxygen atoms in total. The topological polar surface area (TPSA) is 49.9 Å². The number of piperidine rings is 1. The van der Waals surface area contributed by atoms with Crippen LogP contribution in [0.5, 0.6) is 0 Å². The lowest BCUT2D eigenvalue weighted by Gasteiger charge is -2.37. The summed E-state index contributed by atoms with van der Waals surface area (Å²) in [4.78, 5) is 28.6. The SMILES string of the molecule is Cc1ccc(C(=O)N2CCC3(CC2)CN(Cc2ccc4ccccc4c2)C(=O)O3)c(F)c1F. The fourth-order valence-electron chi connectivity index (χ4n) is 4.73. The molecule has 0 saturated carbocycles. The summed E-state index contributed by atoms with van der Waals surface area (Å²) >= 11 is 0. The number of hydrogen-bond donors (Lipinski definition) is 0. The molecule has 0 N–H and O–H groups in total. The first-order valence-corrected chi connectivity index (χ1v) is 11.0. The second kappa shape index (κ2) is 8.14. The van der Waals surface area contributed by atoms with Gasteiger partial charge in [-0.15, -0.1) is 0 Å². The van der Waals surface area contributed by atoms with Gasteiger partial charge in [0.05, 0.1) is 12.1 Å². The zero-order valence-electron chi connectivity index (χ0n) is 18.3. The fourth-order valence-corrected chi connectivity index (χ4v) is 4.73. The zero-order valence-corrected chi connectivity index (χ0v) is 18.3. The molecule has 0 aliphatic carbocycles. The van der Waals surface area contributed by atoms with Gasteiger partial charge in [-0.2, -0.15) is 0 Å². The molecule has 0 atom stereocenters. The average Bonchev–Trinajstić information content (AvgIpc) is 3.11. The fraction of sp³-hybridized carbons (Fsp3) is 0.308. The summed E-state index contributed by atoms with van der Waals surface area (Å²) in [6.07, 6.45) is 0.540. The highest BCUT2D eigenvalue weighted by atomic mass is 19.2. The minimum absolute atomic E-state index is 0.158. The molecule has 2 saturated heterocycles. The summed E-state index contributed by atoms with van der Waals surface area (Å²) in [6.45, 7) is 2.96. The molecule has 7 heteroatoms. The number of halogens is 2. The van der Waals surface area contributed by atoms with Crippen molar-refractivity contribution in [2.75, 3.05) is 19.6 Å². The van der Waals surface area contributed by atoms with Crippen LogP contribution in [-0.2, 0) is 11.3 Å². The van der Waals surface area contributed by atoms with E-state index in [9.17, 15) is 18.4 Å². The van der Waals surface area contributed by atoms with Crippen LogP contribution in [-0.4, -0.2) is 47.0 Å². The Morgan fingerprint density at radius 1 is 1.00 bits per heavy atom. The van der Waals surface area contributed by atoms with Crippen molar-refractivity contribution in [2.24, 2.45) is 0 Å². The predicted octanol–water partition coefficient (Wildman–Crippen LogP) is 5.05. The molecule has 33 heavy (non-hydrogen) atoms. The van der Waals surface area contributed by atoms with Gasteiger partial charge in [0.2, 0.25) is 0 Å². The van der Waals surface area contributed by atoms with Crippen LogP contribution >= 0.6 is 0 Å². The first-order valence-electron chi connectivity index (χ1n) is 11.0. The Morgan fingerprint density at radius 2 is 1.73 bits per heavy atom. The lowest BCUT2D eigenvalue weighted by molar-refractivity contribution is 0.00299. The van der Waals surface area contributed by atoms with Gasteiger partial charge in [-0.05, 0) is 41.0 Å². The maximum absolute atomic E-state index is 14.3. The Kier molecular flexibility index (Phi) is 5.27. The summed E-state index contributed by atoms with van der Waals surface area (Å²) < 4.78 is 33.9. The summed E-state index contributed by atoms with van der Waals surface area (Å²) in [5.74, 6) is -2.66. The van der Waals surface area contributed by atoms with E-state index in [-0.39, 0.29) is 17.2 Å². The number of carbonyl (C=O) groups excluding carboxylic acids is 2.